The maximum Gasteiger partial charge on any atom is 0.133 e. The summed E-state index contributed by atoms with van der Waals surface area (Å²) in [5.74, 6) is 2.09. The maximum atomic E-state index is 11.5. The lowest BCUT2D eigenvalue weighted by Crippen LogP contribution is -2.20. The molecule has 2 nitrogen and oxygen atoms in total. The SMILES string of the molecule is CC(=O)C1CC2C=CC1C21CC1CO. The summed E-state index contributed by atoms with van der Waals surface area (Å²) < 4.78 is 0. The monoisotopic (exact) mass is 192 g/mol. The fourth-order valence-electron chi connectivity index (χ4n) is 3.97. The fourth-order valence-corrected chi connectivity index (χ4v) is 3.97. The number of aliphatic hydroxyl groups excluding tert-OH is 1. The lowest BCUT2D eigenvalue weighted by atomic mass is 9.85. The van der Waals surface area contributed by atoms with Crippen molar-refractivity contribution < 1.29 is 9.90 Å². The Kier molecular flexibility index (Phi) is 1.54. The molecule has 2 fully saturated rings. The molecule has 14 heavy (non-hydrogen) atoms. The number of carbonyl (C=O) groups is 1. The smallest absolute Gasteiger partial charge is 0.133 e. The predicted octanol–water partition coefficient (Wildman–Crippen LogP) is 1.40. The minimum atomic E-state index is 0.251. The van der Waals surface area contributed by atoms with Gasteiger partial charge < -0.3 is 5.11 Å². The van der Waals surface area contributed by atoms with Crippen molar-refractivity contribution in [2.24, 2.45) is 29.1 Å². The third kappa shape index (κ3) is 0.789. The number of rotatable bonds is 2. The van der Waals surface area contributed by atoms with E-state index in [0.717, 1.165) is 12.8 Å². The Morgan fingerprint density at radius 3 is 2.86 bits per heavy atom. The molecule has 0 radical (unpaired) electrons. The first-order valence-electron chi connectivity index (χ1n) is 5.49. The molecule has 0 heterocycles. The molecular weight excluding hydrogens is 176 g/mol. The van der Waals surface area contributed by atoms with Crippen molar-refractivity contribution in [1.82, 2.24) is 0 Å². The molecule has 5 atom stereocenters. The molecule has 0 saturated heterocycles. The first-order chi connectivity index (χ1) is 6.70. The van der Waals surface area contributed by atoms with E-state index in [0.29, 0.717) is 35.6 Å². The van der Waals surface area contributed by atoms with Crippen LogP contribution in [0.25, 0.3) is 0 Å². The second-order valence-electron chi connectivity index (χ2n) is 5.17. The van der Waals surface area contributed by atoms with Gasteiger partial charge in [-0.1, -0.05) is 12.2 Å². The van der Waals surface area contributed by atoms with Crippen molar-refractivity contribution in [3.05, 3.63) is 12.2 Å². The molecule has 1 spiro atoms. The molecule has 3 aliphatic rings. The van der Waals surface area contributed by atoms with Gasteiger partial charge in [-0.05, 0) is 42.9 Å². The van der Waals surface area contributed by atoms with Crippen molar-refractivity contribution in [3.63, 3.8) is 0 Å². The number of aliphatic hydroxyl groups is 1. The summed E-state index contributed by atoms with van der Waals surface area (Å²) in [6.07, 6.45) is 6.68. The highest BCUT2D eigenvalue weighted by Gasteiger charge is 2.69. The van der Waals surface area contributed by atoms with Crippen LogP contribution in [0.2, 0.25) is 0 Å². The van der Waals surface area contributed by atoms with Crippen LogP contribution < -0.4 is 0 Å². The van der Waals surface area contributed by atoms with Gasteiger partial charge in [0.25, 0.3) is 0 Å². The number of ketones is 1. The van der Waals surface area contributed by atoms with Crippen LogP contribution in [0.1, 0.15) is 19.8 Å². The van der Waals surface area contributed by atoms with Crippen molar-refractivity contribution in [2.45, 2.75) is 19.8 Å². The highest BCUT2D eigenvalue weighted by molar-refractivity contribution is 5.80. The standard InChI is InChI=1S/C12H16O2/c1-7(14)10-4-8-2-3-11(10)12(8)5-9(12)6-13/h2-3,8-11,13H,4-6H2,1H3. The molecule has 1 N–H and O–H groups in total. The van der Waals surface area contributed by atoms with E-state index >= 15 is 0 Å². The molecular formula is C12H16O2. The van der Waals surface area contributed by atoms with E-state index in [1.54, 1.807) is 6.92 Å². The summed E-state index contributed by atoms with van der Waals surface area (Å²) in [4.78, 5) is 11.5. The van der Waals surface area contributed by atoms with Crippen molar-refractivity contribution in [2.75, 3.05) is 6.61 Å². The summed E-state index contributed by atoms with van der Waals surface area (Å²) in [7, 11) is 0. The number of carbonyl (C=O) groups excluding carboxylic acids is 1. The van der Waals surface area contributed by atoms with Gasteiger partial charge in [0.15, 0.2) is 0 Å². The quantitative estimate of drug-likeness (QED) is 0.671. The molecule has 76 valence electrons. The van der Waals surface area contributed by atoms with Gasteiger partial charge in [0.2, 0.25) is 0 Å². The van der Waals surface area contributed by atoms with Crippen LogP contribution in [0.4, 0.5) is 0 Å². The highest BCUT2D eigenvalue weighted by atomic mass is 16.3. The highest BCUT2D eigenvalue weighted by Crippen LogP contribution is 2.73. The Morgan fingerprint density at radius 2 is 2.36 bits per heavy atom. The van der Waals surface area contributed by atoms with Crippen LogP contribution in [-0.2, 0) is 4.79 Å². The topological polar surface area (TPSA) is 37.3 Å². The molecule has 0 aromatic heterocycles. The molecule has 0 aliphatic heterocycles. The largest absolute Gasteiger partial charge is 0.396 e. The van der Waals surface area contributed by atoms with Gasteiger partial charge in [-0.3, -0.25) is 4.79 Å². The van der Waals surface area contributed by atoms with Crippen LogP contribution in [0.5, 0.6) is 0 Å². The Bertz CT molecular complexity index is 320. The third-order valence-electron chi connectivity index (χ3n) is 4.75. The van der Waals surface area contributed by atoms with E-state index in [-0.39, 0.29) is 5.92 Å². The second kappa shape index (κ2) is 2.48. The summed E-state index contributed by atoms with van der Waals surface area (Å²) >= 11 is 0. The third-order valence-corrected chi connectivity index (χ3v) is 4.75. The average Bonchev–Trinajstić information content (AvgIpc) is 2.72. The van der Waals surface area contributed by atoms with Crippen LogP contribution >= 0.6 is 0 Å². The number of hydrogen-bond donors (Lipinski definition) is 1. The molecule has 5 unspecified atom stereocenters. The minimum Gasteiger partial charge on any atom is -0.396 e. The summed E-state index contributed by atoms with van der Waals surface area (Å²) in [5, 5.41) is 9.21. The van der Waals surface area contributed by atoms with E-state index < -0.39 is 0 Å². The number of Topliss-reactive ketones (excluding diaryl/α,β-unsaturated/α-hetero) is 1. The zero-order valence-electron chi connectivity index (χ0n) is 8.44. The first kappa shape index (κ1) is 8.66. The average molecular weight is 192 g/mol. The van der Waals surface area contributed by atoms with Crippen molar-refractivity contribution in [1.29, 1.82) is 0 Å². The Labute approximate surface area is 84.0 Å². The number of allylic oxidation sites excluding steroid dienone is 2. The van der Waals surface area contributed by atoms with E-state index in [2.05, 4.69) is 12.2 Å². The Hall–Kier alpha value is -0.630. The predicted molar refractivity (Wildman–Crippen MR) is 52.5 cm³/mol. The molecule has 3 aliphatic carbocycles. The van der Waals surface area contributed by atoms with Gasteiger partial charge in [0.1, 0.15) is 5.78 Å². The Morgan fingerprint density at radius 1 is 1.57 bits per heavy atom. The fraction of sp³-hybridized carbons (Fsp3) is 0.750. The van der Waals surface area contributed by atoms with Crippen molar-refractivity contribution >= 4 is 5.78 Å². The summed E-state index contributed by atoms with van der Waals surface area (Å²) in [5.41, 5.74) is 0.311. The second-order valence-corrected chi connectivity index (χ2v) is 5.17. The molecule has 2 heteroatoms. The lowest BCUT2D eigenvalue weighted by molar-refractivity contribution is -0.121. The molecule has 3 rings (SSSR count). The summed E-state index contributed by atoms with van der Waals surface area (Å²) in [6.45, 7) is 2.02. The van der Waals surface area contributed by atoms with Gasteiger partial charge in [0.05, 0.1) is 0 Å². The maximum absolute atomic E-state index is 11.5. The lowest BCUT2D eigenvalue weighted by Gasteiger charge is -2.18. The van der Waals surface area contributed by atoms with Gasteiger partial charge in [-0.15, -0.1) is 0 Å². The normalized spacial score (nSPS) is 53.0. The molecule has 0 amide bonds. The summed E-state index contributed by atoms with van der Waals surface area (Å²) in [6, 6.07) is 0. The van der Waals surface area contributed by atoms with E-state index in [4.69, 9.17) is 0 Å². The zero-order chi connectivity index (χ0) is 9.92. The van der Waals surface area contributed by atoms with Crippen LogP contribution in [0.3, 0.4) is 0 Å². The molecule has 0 aromatic carbocycles. The van der Waals surface area contributed by atoms with Gasteiger partial charge in [-0.2, -0.15) is 0 Å². The minimum absolute atomic E-state index is 0.251. The van der Waals surface area contributed by atoms with Crippen LogP contribution in [0, 0.1) is 29.1 Å². The molecule has 0 aromatic rings. The Balaban J connectivity index is 1.90. The molecule has 2 saturated carbocycles. The molecule has 2 bridgehead atoms. The van der Waals surface area contributed by atoms with E-state index in [9.17, 15) is 9.90 Å². The van der Waals surface area contributed by atoms with Gasteiger partial charge in [-0.25, -0.2) is 0 Å². The van der Waals surface area contributed by atoms with E-state index in [1.165, 1.54) is 0 Å². The number of hydrogen-bond acceptors (Lipinski definition) is 2. The van der Waals surface area contributed by atoms with Gasteiger partial charge in [0, 0.05) is 12.5 Å². The van der Waals surface area contributed by atoms with Gasteiger partial charge >= 0.3 is 0 Å². The zero-order valence-corrected chi connectivity index (χ0v) is 8.44. The van der Waals surface area contributed by atoms with E-state index in [1.807, 2.05) is 0 Å². The van der Waals surface area contributed by atoms with Crippen LogP contribution in [-0.4, -0.2) is 17.5 Å². The first-order valence-corrected chi connectivity index (χ1v) is 5.49. The van der Waals surface area contributed by atoms with Crippen molar-refractivity contribution in [3.8, 4) is 0 Å². The van der Waals surface area contributed by atoms with Crippen LogP contribution in [0.15, 0.2) is 12.2 Å².